The molecule has 2 aromatic rings. The summed E-state index contributed by atoms with van der Waals surface area (Å²) in [6, 6.07) is 14.0. The number of aliphatic hydroxyl groups excluding tert-OH is 1. The molecule has 1 aliphatic heterocycles. The van der Waals surface area contributed by atoms with Crippen LogP contribution in [-0.2, 0) is 15.2 Å². The third kappa shape index (κ3) is 3.68. The predicted octanol–water partition coefficient (Wildman–Crippen LogP) is 4.01. The molecule has 0 bridgehead atoms. The summed E-state index contributed by atoms with van der Waals surface area (Å²) in [5.74, 6) is -0.681. The molecule has 2 aromatic carbocycles. The van der Waals surface area contributed by atoms with Crippen LogP contribution >= 0.6 is 15.9 Å². The molecule has 1 saturated heterocycles. The zero-order valence-electron chi connectivity index (χ0n) is 14.5. The van der Waals surface area contributed by atoms with E-state index in [1.165, 1.54) is 19.1 Å². The molecule has 0 amide bonds. The second-order valence-electron chi connectivity index (χ2n) is 6.60. The first kappa shape index (κ1) is 19.0. The minimum atomic E-state index is -0.786. The fourth-order valence-corrected chi connectivity index (χ4v) is 3.95. The average Bonchev–Trinajstić information content (AvgIpc) is 2.63. The summed E-state index contributed by atoms with van der Waals surface area (Å²) < 4.78 is 14.5. The fourth-order valence-electron chi connectivity index (χ4n) is 3.69. The Bertz CT molecular complexity index is 718. The third-order valence-electron chi connectivity index (χ3n) is 4.89. The Kier molecular flexibility index (Phi) is 5.75. The van der Waals surface area contributed by atoms with E-state index in [2.05, 4.69) is 15.9 Å². The Balaban J connectivity index is 2.19. The lowest BCUT2D eigenvalue weighted by molar-refractivity contribution is -0.229. The van der Waals surface area contributed by atoms with Crippen molar-refractivity contribution in [3.05, 3.63) is 69.9 Å². The molecule has 0 radical (unpaired) electrons. The van der Waals surface area contributed by atoms with Gasteiger partial charge in [-0.15, -0.1) is 5.06 Å². The van der Waals surface area contributed by atoms with Crippen LogP contribution in [0.2, 0.25) is 0 Å². The van der Waals surface area contributed by atoms with Gasteiger partial charge in [-0.2, -0.15) is 0 Å². The number of rotatable bonds is 4. The van der Waals surface area contributed by atoms with E-state index in [0.717, 1.165) is 15.6 Å². The van der Waals surface area contributed by atoms with Gasteiger partial charge in [0.05, 0.1) is 0 Å². The number of hydrogen-bond acceptors (Lipinski definition) is 4. The Morgan fingerprint density at radius 2 is 1.81 bits per heavy atom. The number of nitrogens with zero attached hydrogens (tertiary/aromatic N) is 1. The highest BCUT2D eigenvalue weighted by molar-refractivity contribution is 9.10. The molecule has 0 saturated carbocycles. The van der Waals surface area contributed by atoms with E-state index in [-0.39, 0.29) is 18.3 Å². The van der Waals surface area contributed by atoms with E-state index in [1.54, 1.807) is 17.2 Å². The largest absolute Gasteiger partial charge is 0.396 e. The van der Waals surface area contributed by atoms with Gasteiger partial charge in [0.2, 0.25) is 0 Å². The van der Waals surface area contributed by atoms with Crippen molar-refractivity contribution >= 4 is 21.9 Å². The number of halogens is 2. The lowest BCUT2D eigenvalue weighted by atomic mass is 9.72. The van der Waals surface area contributed by atoms with E-state index >= 15 is 0 Å². The lowest BCUT2D eigenvalue weighted by Crippen LogP contribution is -2.53. The highest BCUT2D eigenvalue weighted by atomic mass is 79.9. The van der Waals surface area contributed by atoms with Crippen LogP contribution in [0.25, 0.3) is 0 Å². The van der Waals surface area contributed by atoms with E-state index in [0.29, 0.717) is 19.4 Å². The van der Waals surface area contributed by atoms with Crippen molar-refractivity contribution in [2.24, 2.45) is 5.92 Å². The van der Waals surface area contributed by atoms with Crippen LogP contribution in [0, 0.1) is 11.7 Å². The minimum absolute atomic E-state index is 0.0490. The van der Waals surface area contributed by atoms with Crippen molar-refractivity contribution in [2.75, 3.05) is 13.2 Å². The third-order valence-corrected chi connectivity index (χ3v) is 5.42. The molecule has 0 spiro atoms. The van der Waals surface area contributed by atoms with Crippen molar-refractivity contribution in [2.45, 2.75) is 25.3 Å². The summed E-state index contributed by atoms with van der Waals surface area (Å²) in [6.07, 6.45) is 1.27. The summed E-state index contributed by atoms with van der Waals surface area (Å²) in [4.78, 5) is 17.3. The van der Waals surface area contributed by atoms with Crippen LogP contribution in [0.1, 0.15) is 30.9 Å². The van der Waals surface area contributed by atoms with Crippen molar-refractivity contribution in [1.82, 2.24) is 5.06 Å². The van der Waals surface area contributed by atoms with Crippen LogP contribution in [-0.4, -0.2) is 29.3 Å². The zero-order chi connectivity index (χ0) is 18.7. The van der Waals surface area contributed by atoms with Crippen LogP contribution in [0.3, 0.4) is 0 Å². The summed E-state index contributed by atoms with van der Waals surface area (Å²) in [5, 5.41) is 11.5. The van der Waals surface area contributed by atoms with Gasteiger partial charge in [0.25, 0.3) is 0 Å². The molecular formula is C20H21BrFNO3. The second-order valence-corrected chi connectivity index (χ2v) is 7.52. The molecule has 1 fully saturated rings. The topological polar surface area (TPSA) is 49.8 Å². The van der Waals surface area contributed by atoms with E-state index in [9.17, 15) is 14.3 Å². The standard InChI is InChI=1S/C20H21BrFNO3/c1-14(25)26-23-11-10-15(13-24)12-20(23,16-2-6-18(21)7-3-16)17-4-8-19(22)9-5-17/h2-9,15,24H,10-13H2,1H3. The number of aliphatic hydroxyl groups is 1. The number of benzene rings is 2. The van der Waals surface area contributed by atoms with Gasteiger partial charge in [-0.1, -0.05) is 40.2 Å². The maximum Gasteiger partial charge on any atom is 0.322 e. The van der Waals surface area contributed by atoms with Gasteiger partial charge in [-0.3, -0.25) is 4.79 Å². The summed E-state index contributed by atoms with van der Waals surface area (Å²) >= 11 is 3.45. The van der Waals surface area contributed by atoms with Crippen molar-refractivity contribution in [3.63, 3.8) is 0 Å². The van der Waals surface area contributed by atoms with Gasteiger partial charge >= 0.3 is 5.97 Å². The van der Waals surface area contributed by atoms with Crippen molar-refractivity contribution < 1.29 is 19.1 Å². The van der Waals surface area contributed by atoms with Gasteiger partial charge in [-0.25, -0.2) is 4.39 Å². The molecular weight excluding hydrogens is 401 g/mol. The van der Waals surface area contributed by atoms with Crippen molar-refractivity contribution in [1.29, 1.82) is 0 Å². The first-order valence-electron chi connectivity index (χ1n) is 8.55. The second kappa shape index (κ2) is 7.86. The first-order valence-corrected chi connectivity index (χ1v) is 9.34. The molecule has 4 nitrogen and oxygen atoms in total. The van der Waals surface area contributed by atoms with Gasteiger partial charge in [0.15, 0.2) is 0 Å². The molecule has 1 heterocycles. The normalized spacial score (nSPS) is 23.6. The Labute approximate surface area is 160 Å². The predicted molar refractivity (Wildman–Crippen MR) is 99.6 cm³/mol. The maximum absolute atomic E-state index is 13.5. The molecule has 2 unspecified atom stereocenters. The zero-order valence-corrected chi connectivity index (χ0v) is 16.1. The van der Waals surface area contributed by atoms with Crippen LogP contribution in [0.4, 0.5) is 4.39 Å². The molecule has 0 aromatic heterocycles. The highest BCUT2D eigenvalue weighted by Gasteiger charge is 2.47. The number of carbonyl (C=O) groups excluding carboxylic acids is 1. The molecule has 1 N–H and O–H groups in total. The SMILES string of the molecule is CC(=O)ON1CCC(CO)CC1(c1ccc(F)cc1)c1ccc(Br)cc1. The summed E-state index contributed by atoms with van der Waals surface area (Å²) in [6.45, 7) is 1.90. The number of hydrogen-bond donors (Lipinski definition) is 1. The fraction of sp³-hybridized carbons (Fsp3) is 0.350. The van der Waals surface area contributed by atoms with Crippen LogP contribution < -0.4 is 0 Å². The first-order chi connectivity index (χ1) is 12.5. The number of hydroxylamine groups is 2. The van der Waals surface area contributed by atoms with Gasteiger partial charge in [-0.05, 0) is 54.2 Å². The Hall–Kier alpha value is -1.76. The quantitative estimate of drug-likeness (QED) is 0.809. The summed E-state index contributed by atoms with van der Waals surface area (Å²) in [7, 11) is 0. The van der Waals surface area contributed by atoms with E-state index in [1.807, 2.05) is 24.3 Å². The van der Waals surface area contributed by atoms with E-state index < -0.39 is 11.5 Å². The monoisotopic (exact) mass is 421 g/mol. The van der Waals surface area contributed by atoms with E-state index in [4.69, 9.17) is 4.84 Å². The molecule has 0 aliphatic carbocycles. The molecule has 2 atom stereocenters. The van der Waals surface area contributed by atoms with Gasteiger partial charge < -0.3 is 9.94 Å². The Morgan fingerprint density at radius 3 is 2.35 bits per heavy atom. The lowest BCUT2D eigenvalue weighted by Gasteiger charge is -2.48. The molecule has 6 heteroatoms. The van der Waals surface area contributed by atoms with Crippen LogP contribution in [0.5, 0.6) is 0 Å². The molecule has 1 aliphatic rings. The molecule has 138 valence electrons. The molecule has 26 heavy (non-hydrogen) atoms. The van der Waals surface area contributed by atoms with Crippen LogP contribution in [0.15, 0.2) is 53.0 Å². The number of carbonyl (C=O) groups is 1. The minimum Gasteiger partial charge on any atom is -0.396 e. The molecule has 3 rings (SSSR count). The highest BCUT2D eigenvalue weighted by Crippen LogP contribution is 2.45. The summed E-state index contributed by atoms with van der Waals surface area (Å²) in [5.41, 5.74) is 0.957. The smallest absolute Gasteiger partial charge is 0.322 e. The van der Waals surface area contributed by atoms with Gasteiger partial charge in [0, 0.05) is 24.5 Å². The maximum atomic E-state index is 13.5. The number of piperidine rings is 1. The Morgan fingerprint density at radius 1 is 1.23 bits per heavy atom. The van der Waals surface area contributed by atoms with Gasteiger partial charge in [0.1, 0.15) is 11.4 Å². The van der Waals surface area contributed by atoms with Crippen molar-refractivity contribution in [3.8, 4) is 0 Å². The average molecular weight is 422 g/mol.